The number of hydrogen-bond acceptors (Lipinski definition) is 3. The maximum Gasteiger partial charge on any atom is 0.254 e. The third-order valence-corrected chi connectivity index (χ3v) is 3.93. The molecule has 0 aliphatic carbocycles. The van der Waals surface area contributed by atoms with Crippen LogP contribution in [-0.4, -0.2) is 50.2 Å². The van der Waals surface area contributed by atoms with Crippen LogP contribution in [0, 0.1) is 0 Å². The van der Waals surface area contributed by atoms with Crippen molar-refractivity contribution in [1.29, 1.82) is 0 Å². The largest absolute Gasteiger partial charge is 0.375 e. The number of carbonyl (C=O) groups excluding carboxylic acids is 1. The quantitative estimate of drug-likeness (QED) is 0.836. The van der Waals surface area contributed by atoms with Gasteiger partial charge in [-0.1, -0.05) is 13.3 Å². The van der Waals surface area contributed by atoms with E-state index in [-0.39, 0.29) is 12.0 Å². The van der Waals surface area contributed by atoms with Crippen LogP contribution in [0.3, 0.4) is 0 Å². The molecule has 0 N–H and O–H groups in total. The van der Waals surface area contributed by atoms with Crippen molar-refractivity contribution in [2.24, 2.45) is 0 Å². The monoisotopic (exact) mass is 290 g/mol. The first-order chi connectivity index (χ1) is 10.1. The molecular formula is C17H26N2O2. The van der Waals surface area contributed by atoms with Crippen LogP contribution in [-0.2, 0) is 4.74 Å². The highest BCUT2D eigenvalue weighted by atomic mass is 16.5. The van der Waals surface area contributed by atoms with Gasteiger partial charge in [-0.25, -0.2) is 0 Å². The van der Waals surface area contributed by atoms with E-state index in [1.807, 2.05) is 36.1 Å². The molecular weight excluding hydrogens is 264 g/mol. The van der Waals surface area contributed by atoms with Crippen molar-refractivity contribution in [3.63, 3.8) is 0 Å². The first-order valence-corrected chi connectivity index (χ1v) is 7.84. The van der Waals surface area contributed by atoms with Crippen molar-refractivity contribution in [2.75, 3.05) is 38.2 Å². The van der Waals surface area contributed by atoms with E-state index in [4.69, 9.17) is 4.74 Å². The SMILES string of the molecule is CCCCN(C)c1ccc(C(=O)N2CCO[C@H](C)C2)cc1. The molecule has 1 saturated heterocycles. The van der Waals surface area contributed by atoms with Gasteiger partial charge in [0.25, 0.3) is 5.91 Å². The summed E-state index contributed by atoms with van der Waals surface area (Å²) < 4.78 is 5.48. The Morgan fingerprint density at radius 3 is 2.71 bits per heavy atom. The lowest BCUT2D eigenvalue weighted by Gasteiger charge is -2.31. The number of anilines is 1. The molecule has 0 radical (unpaired) electrons. The van der Waals surface area contributed by atoms with Gasteiger partial charge in [0.05, 0.1) is 12.7 Å². The van der Waals surface area contributed by atoms with E-state index in [2.05, 4.69) is 18.9 Å². The lowest BCUT2D eigenvalue weighted by Crippen LogP contribution is -2.44. The lowest BCUT2D eigenvalue weighted by atomic mass is 10.1. The third-order valence-electron chi connectivity index (χ3n) is 3.93. The van der Waals surface area contributed by atoms with Crippen molar-refractivity contribution >= 4 is 11.6 Å². The number of benzene rings is 1. The van der Waals surface area contributed by atoms with E-state index < -0.39 is 0 Å². The number of rotatable bonds is 5. The van der Waals surface area contributed by atoms with E-state index in [0.29, 0.717) is 19.7 Å². The summed E-state index contributed by atoms with van der Waals surface area (Å²) in [5, 5.41) is 0. The third kappa shape index (κ3) is 4.21. The van der Waals surface area contributed by atoms with Crippen LogP contribution in [0.2, 0.25) is 0 Å². The molecule has 0 aromatic heterocycles. The molecule has 0 unspecified atom stereocenters. The molecule has 1 atom stereocenters. The Morgan fingerprint density at radius 1 is 1.38 bits per heavy atom. The number of nitrogens with zero attached hydrogens (tertiary/aromatic N) is 2. The lowest BCUT2D eigenvalue weighted by molar-refractivity contribution is -0.0124. The molecule has 4 nitrogen and oxygen atoms in total. The molecule has 0 bridgehead atoms. The number of morpholine rings is 1. The van der Waals surface area contributed by atoms with Gasteiger partial charge in [-0.3, -0.25) is 4.79 Å². The van der Waals surface area contributed by atoms with Crippen molar-refractivity contribution in [2.45, 2.75) is 32.8 Å². The minimum absolute atomic E-state index is 0.105. The summed E-state index contributed by atoms with van der Waals surface area (Å²) in [6.45, 7) is 7.23. The van der Waals surface area contributed by atoms with Crippen molar-refractivity contribution in [3.8, 4) is 0 Å². The second kappa shape index (κ2) is 7.46. The number of unbranched alkanes of at least 4 members (excludes halogenated alkanes) is 1. The first kappa shape index (κ1) is 15.8. The van der Waals surface area contributed by atoms with Gasteiger partial charge in [0.2, 0.25) is 0 Å². The number of carbonyl (C=O) groups is 1. The second-order valence-electron chi connectivity index (χ2n) is 5.75. The summed E-state index contributed by atoms with van der Waals surface area (Å²) in [6, 6.07) is 7.93. The van der Waals surface area contributed by atoms with Gasteiger partial charge < -0.3 is 14.5 Å². The molecule has 1 heterocycles. The molecule has 4 heteroatoms. The Hall–Kier alpha value is -1.55. The van der Waals surface area contributed by atoms with Crippen molar-refractivity contribution < 1.29 is 9.53 Å². The van der Waals surface area contributed by atoms with E-state index in [9.17, 15) is 4.79 Å². The van der Waals surface area contributed by atoms with Crippen molar-refractivity contribution in [1.82, 2.24) is 4.90 Å². The normalized spacial score (nSPS) is 18.6. The van der Waals surface area contributed by atoms with Crippen molar-refractivity contribution in [3.05, 3.63) is 29.8 Å². The fourth-order valence-corrected chi connectivity index (χ4v) is 2.57. The summed E-state index contributed by atoms with van der Waals surface area (Å²) in [4.78, 5) is 16.6. The average Bonchev–Trinajstić information content (AvgIpc) is 2.52. The predicted octanol–water partition coefficient (Wildman–Crippen LogP) is 2.78. The Labute approximate surface area is 127 Å². The molecule has 1 aromatic carbocycles. The zero-order valence-corrected chi connectivity index (χ0v) is 13.3. The van der Waals surface area contributed by atoms with Crippen LogP contribution < -0.4 is 4.90 Å². The smallest absolute Gasteiger partial charge is 0.254 e. The number of ether oxygens (including phenoxy) is 1. The minimum Gasteiger partial charge on any atom is -0.375 e. The zero-order chi connectivity index (χ0) is 15.2. The molecule has 0 saturated carbocycles. The topological polar surface area (TPSA) is 32.8 Å². The molecule has 2 rings (SSSR count). The van der Waals surface area contributed by atoms with E-state index in [1.165, 1.54) is 12.8 Å². The van der Waals surface area contributed by atoms with Gasteiger partial charge in [-0.15, -0.1) is 0 Å². The standard InChI is InChI=1S/C17H26N2O2/c1-4-5-10-18(3)16-8-6-15(7-9-16)17(20)19-11-12-21-14(2)13-19/h6-9,14H,4-5,10-13H2,1-3H3/t14-/m1/s1. The number of hydrogen-bond donors (Lipinski definition) is 0. The summed E-state index contributed by atoms with van der Waals surface area (Å²) >= 11 is 0. The van der Waals surface area contributed by atoms with Crippen LogP contribution in [0.5, 0.6) is 0 Å². The first-order valence-electron chi connectivity index (χ1n) is 7.84. The predicted molar refractivity (Wildman–Crippen MR) is 85.9 cm³/mol. The highest BCUT2D eigenvalue weighted by Gasteiger charge is 2.22. The van der Waals surface area contributed by atoms with Gasteiger partial charge in [0.15, 0.2) is 0 Å². The molecule has 116 valence electrons. The van der Waals surface area contributed by atoms with E-state index >= 15 is 0 Å². The molecule has 1 aliphatic heterocycles. The van der Waals surface area contributed by atoms with Crippen LogP contribution in [0.25, 0.3) is 0 Å². The van der Waals surface area contributed by atoms with Crippen LogP contribution in [0.15, 0.2) is 24.3 Å². The molecule has 0 spiro atoms. The van der Waals surface area contributed by atoms with Gasteiger partial charge in [-0.05, 0) is 37.6 Å². The Balaban J connectivity index is 1.99. The van der Waals surface area contributed by atoms with E-state index in [1.54, 1.807) is 0 Å². The van der Waals surface area contributed by atoms with Crippen LogP contribution >= 0.6 is 0 Å². The van der Waals surface area contributed by atoms with Gasteiger partial charge >= 0.3 is 0 Å². The molecule has 1 aromatic rings. The maximum absolute atomic E-state index is 12.5. The summed E-state index contributed by atoms with van der Waals surface area (Å²) in [7, 11) is 2.09. The van der Waals surface area contributed by atoms with Crippen LogP contribution in [0.1, 0.15) is 37.0 Å². The fraction of sp³-hybridized carbons (Fsp3) is 0.588. The highest BCUT2D eigenvalue weighted by Crippen LogP contribution is 2.17. The Kier molecular flexibility index (Phi) is 5.62. The van der Waals surface area contributed by atoms with Crippen LogP contribution in [0.4, 0.5) is 5.69 Å². The zero-order valence-electron chi connectivity index (χ0n) is 13.3. The summed E-state index contributed by atoms with van der Waals surface area (Å²) in [6.07, 6.45) is 2.50. The highest BCUT2D eigenvalue weighted by molar-refractivity contribution is 5.94. The molecule has 1 amide bonds. The maximum atomic E-state index is 12.5. The minimum atomic E-state index is 0.105. The van der Waals surface area contributed by atoms with E-state index in [0.717, 1.165) is 17.8 Å². The molecule has 1 fully saturated rings. The molecule has 1 aliphatic rings. The Bertz CT molecular complexity index is 458. The van der Waals surface area contributed by atoms with Gasteiger partial charge in [0.1, 0.15) is 0 Å². The Morgan fingerprint density at radius 2 is 2.10 bits per heavy atom. The van der Waals surface area contributed by atoms with Gasteiger partial charge in [-0.2, -0.15) is 0 Å². The number of amides is 1. The molecule has 21 heavy (non-hydrogen) atoms. The average molecular weight is 290 g/mol. The summed E-state index contributed by atoms with van der Waals surface area (Å²) in [5.74, 6) is 0.105. The fourth-order valence-electron chi connectivity index (χ4n) is 2.57. The second-order valence-corrected chi connectivity index (χ2v) is 5.75. The summed E-state index contributed by atoms with van der Waals surface area (Å²) in [5.41, 5.74) is 1.92. The van der Waals surface area contributed by atoms with Gasteiger partial charge in [0, 0.05) is 37.9 Å².